The number of oxazole rings is 1. The fraction of sp³-hybridized carbons (Fsp3) is 0.316. The Labute approximate surface area is 135 Å². The molecule has 22 heavy (non-hydrogen) atoms. The van der Waals surface area contributed by atoms with Crippen LogP contribution >= 0.6 is 11.8 Å². The van der Waals surface area contributed by atoms with Crippen molar-refractivity contribution in [1.29, 1.82) is 0 Å². The molecule has 0 unspecified atom stereocenters. The van der Waals surface area contributed by atoms with Gasteiger partial charge in [0.15, 0.2) is 5.58 Å². The molecule has 0 radical (unpaired) electrons. The lowest BCUT2D eigenvalue weighted by atomic mass is 9.90. The maximum Gasteiger partial charge on any atom is 0.257 e. The molecule has 0 saturated heterocycles. The van der Waals surface area contributed by atoms with Crippen LogP contribution in [0.5, 0.6) is 0 Å². The largest absolute Gasteiger partial charge is 0.431 e. The van der Waals surface area contributed by atoms with E-state index in [4.69, 9.17) is 4.42 Å². The molecule has 2 nitrogen and oxygen atoms in total. The van der Waals surface area contributed by atoms with Crippen molar-refractivity contribution in [3.8, 4) is 0 Å². The van der Waals surface area contributed by atoms with Gasteiger partial charge in [0, 0.05) is 5.75 Å². The van der Waals surface area contributed by atoms with Crippen molar-refractivity contribution in [3.63, 3.8) is 0 Å². The van der Waals surface area contributed by atoms with Crippen LogP contribution < -0.4 is 0 Å². The molecule has 0 fully saturated rings. The summed E-state index contributed by atoms with van der Waals surface area (Å²) in [6.45, 7) is 11.1. The van der Waals surface area contributed by atoms with Gasteiger partial charge in [-0.3, -0.25) is 0 Å². The Balaban J connectivity index is 1.90. The molecular formula is C19H21NOS. The first-order valence-corrected chi connectivity index (χ1v) is 8.51. The van der Waals surface area contributed by atoms with Crippen molar-refractivity contribution in [1.82, 2.24) is 4.98 Å². The molecule has 3 aromatic rings. The molecular weight excluding hydrogens is 290 g/mol. The summed E-state index contributed by atoms with van der Waals surface area (Å²) in [6, 6.07) is 7.91. The maximum atomic E-state index is 5.81. The lowest BCUT2D eigenvalue weighted by Gasteiger charge is -2.18. The Bertz CT molecular complexity index is 786. The second kappa shape index (κ2) is 5.81. The van der Waals surface area contributed by atoms with Gasteiger partial charge in [0.05, 0.1) is 0 Å². The van der Waals surface area contributed by atoms with Crippen molar-refractivity contribution in [2.24, 2.45) is 0 Å². The number of para-hydroxylation sites is 2. The second-order valence-electron chi connectivity index (χ2n) is 5.84. The molecule has 0 amide bonds. The second-order valence-corrected chi connectivity index (χ2v) is 6.77. The Morgan fingerprint density at radius 3 is 2.09 bits per heavy atom. The van der Waals surface area contributed by atoms with Crippen molar-refractivity contribution < 1.29 is 4.42 Å². The Morgan fingerprint density at radius 2 is 1.45 bits per heavy atom. The van der Waals surface area contributed by atoms with E-state index in [1.807, 2.05) is 24.3 Å². The highest BCUT2D eigenvalue weighted by Crippen LogP contribution is 2.32. The Morgan fingerprint density at radius 1 is 0.864 bits per heavy atom. The minimum absolute atomic E-state index is 0.746. The van der Waals surface area contributed by atoms with Crippen molar-refractivity contribution in [2.45, 2.75) is 45.6 Å². The van der Waals surface area contributed by atoms with E-state index in [1.54, 1.807) is 11.8 Å². The molecule has 0 aliphatic heterocycles. The van der Waals surface area contributed by atoms with Crippen LogP contribution in [0, 0.1) is 34.6 Å². The molecule has 1 heterocycles. The zero-order valence-electron chi connectivity index (χ0n) is 13.8. The number of nitrogens with zero attached hydrogens (tertiary/aromatic N) is 1. The minimum atomic E-state index is 0.746. The molecule has 3 rings (SSSR count). The molecule has 0 N–H and O–H groups in total. The monoisotopic (exact) mass is 311 g/mol. The van der Waals surface area contributed by atoms with Crippen molar-refractivity contribution >= 4 is 22.9 Å². The molecule has 0 atom stereocenters. The van der Waals surface area contributed by atoms with Gasteiger partial charge in [-0.15, -0.1) is 0 Å². The number of hydrogen-bond donors (Lipinski definition) is 0. The van der Waals surface area contributed by atoms with Crippen LogP contribution in [0.15, 0.2) is 33.9 Å². The summed E-state index contributed by atoms with van der Waals surface area (Å²) >= 11 is 1.67. The quantitative estimate of drug-likeness (QED) is 0.583. The summed E-state index contributed by atoms with van der Waals surface area (Å²) in [5.41, 5.74) is 10.2. The number of fused-ring (bicyclic) bond motifs is 1. The van der Waals surface area contributed by atoms with Gasteiger partial charge < -0.3 is 4.42 Å². The molecule has 3 heteroatoms. The van der Waals surface area contributed by atoms with E-state index in [1.165, 1.54) is 33.4 Å². The van der Waals surface area contributed by atoms with Crippen LogP contribution in [-0.2, 0) is 5.75 Å². The standard InChI is InChI=1S/C19H21NOS/c1-11-12(2)14(4)16(15(5)13(11)3)10-22-19-20-17-8-6-7-9-18(17)21-19/h6-9H,10H2,1-5H3. The molecule has 114 valence electrons. The van der Waals surface area contributed by atoms with Gasteiger partial charge >= 0.3 is 0 Å². The van der Waals surface area contributed by atoms with Crippen LogP contribution in [-0.4, -0.2) is 4.98 Å². The topological polar surface area (TPSA) is 26.0 Å². The van der Waals surface area contributed by atoms with Gasteiger partial charge in [-0.1, -0.05) is 23.9 Å². The van der Waals surface area contributed by atoms with Gasteiger partial charge in [0.1, 0.15) is 5.52 Å². The average molecular weight is 311 g/mol. The molecule has 0 spiro atoms. The third-order valence-corrected chi connectivity index (χ3v) is 5.62. The fourth-order valence-corrected chi connectivity index (χ4v) is 3.85. The van der Waals surface area contributed by atoms with E-state index >= 15 is 0 Å². The van der Waals surface area contributed by atoms with Gasteiger partial charge in [0.2, 0.25) is 0 Å². The lowest BCUT2D eigenvalue weighted by Crippen LogP contribution is -2.01. The highest BCUT2D eigenvalue weighted by molar-refractivity contribution is 7.98. The van der Waals surface area contributed by atoms with E-state index in [2.05, 4.69) is 39.6 Å². The summed E-state index contributed by atoms with van der Waals surface area (Å²) in [5.74, 6) is 0.895. The molecule has 0 aliphatic rings. The summed E-state index contributed by atoms with van der Waals surface area (Å²) in [4.78, 5) is 4.55. The summed E-state index contributed by atoms with van der Waals surface area (Å²) in [7, 11) is 0. The van der Waals surface area contributed by atoms with E-state index in [0.29, 0.717) is 0 Å². The lowest BCUT2D eigenvalue weighted by molar-refractivity contribution is 0.489. The van der Waals surface area contributed by atoms with Gasteiger partial charge in [-0.25, -0.2) is 4.98 Å². The normalized spacial score (nSPS) is 11.3. The predicted molar refractivity (Wildman–Crippen MR) is 93.7 cm³/mol. The highest BCUT2D eigenvalue weighted by atomic mass is 32.2. The number of hydrogen-bond acceptors (Lipinski definition) is 3. The smallest absolute Gasteiger partial charge is 0.257 e. The predicted octanol–water partition coefficient (Wildman–Crippen LogP) is 5.66. The highest BCUT2D eigenvalue weighted by Gasteiger charge is 2.14. The number of benzene rings is 2. The Kier molecular flexibility index (Phi) is 4.00. The SMILES string of the molecule is Cc1c(C)c(C)c(CSc2nc3ccccc3o2)c(C)c1C. The third-order valence-electron chi connectivity index (χ3n) is 4.77. The number of thioether (sulfide) groups is 1. The first-order chi connectivity index (χ1) is 10.5. The third kappa shape index (κ3) is 2.54. The van der Waals surface area contributed by atoms with E-state index in [0.717, 1.165) is 22.1 Å². The van der Waals surface area contributed by atoms with E-state index in [9.17, 15) is 0 Å². The fourth-order valence-electron chi connectivity index (χ4n) is 2.84. The van der Waals surface area contributed by atoms with Crippen LogP contribution in [0.25, 0.3) is 11.1 Å². The van der Waals surface area contributed by atoms with Gasteiger partial charge in [0.25, 0.3) is 5.22 Å². The number of aromatic nitrogens is 1. The van der Waals surface area contributed by atoms with Crippen LogP contribution in [0.4, 0.5) is 0 Å². The number of rotatable bonds is 3. The summed E-state index contributed by atoms with van der Waals surface area (Å²) < 4.78 is 5.81. The maximum absolute atomic E-state index is 5.81. The van der Waals surface area contributed by atoms with Crippen molar-refractivity contribution in [2.75, 3.05) is 0 Å². The zero-order chi connectivity index (χ0) is 15.9. The van der Waals surface area contributed by atoms with E-state index in [-0.39, 0.29) is 0 Å². The van der Waals surface area contributed by atoms with E-state index < -0.39 is 0 Å². The zero-order valence-corrected chi connectivity index (χ0v) is 14.6. The Hall–Kier alpha value is -1.74. The van der Waals surface area contributed by atoms with Crippen LogP contribution in [0.1, 0.15) is 33.4 Å². The first kappa shape index (κ1) is 15.2. The first-order valence-electron chi connectivity index (χ1n) is 7.53. The molecule has 0 saturated carbocycles. The van der Waals surface area contributed by atoms with Crippen LogP contribution in [0.2, 0.25) is 0 Å². The van der Waals surface area contributed by atoms with Gasteiger partial charge in [-0.05, 0) is 80.1 Å². The van der Waals surface area contributed by atoms with Crippen LogP contribution in [0.3, 0.4) is 0 Å². The summed E-state index contributed by atoms with van der Waals surface area (Å²) in [6.07, 6.45) is 0. The summed E-state index contributed by atoms with van der Waals surface area (Å²) in [5, 5.41) is 0.746. The molecule has 1 aromatic heterocycles. The minimum Gasteiger partial charge on any atom is -0.431 e. The molecule has 0 bridgehead atoms. The average Bonchev–Trinajstić information content (AvgIpc) is 2.94. The molecule has 0 aliphatic carbocycles. The van der Waals surface area contributed by atoms with Crippen molar-refractivity contribution in [3.05, 3.63) is 57.6 Å². The molecule has 2 aromatic carbocycles. The van der Waals surface area contributed by atoms with Gasteiger partial charge in [-0.2, -0.15) is 0 Å².